The summed E-state index contributed by atoms with van der Waals surface area (Å²) >= 11 is 0. The van der Waals surface area contributed by atoms with Crippen LogP contribution in [-0.4, -0.2) is 21.9 Å². The highest BCUT2D eigenvalue weighted by Crippen LogP contribution is 2.20. The number of nitrogens with zero attached hydrogens (tertiary/aromatic N) is 2. The molecule has 1 aliphatic rings. The van der Waals surface area contributed by atoms with E-state index in [2.05, 4.69) is 20.6 Å². The molecule has 0 bridgehead atoms. The monoisotopic (exact) mass is 376 g/mol. The first-order valence-electron chi connectivity index (χ1n) is 9.79. The third-order valence-electron chi connectivity index (χ3n) is 4.96. The number of amides is 1. The fourth-order valence-corrected chi connectivity index (χ4v) is 3.47. The van der Waals surface area contributed by atoms with Gasteiger partial charge in [-0.15, -0.1) is 0 Å². The van der Waals surface area contributed by atoms with E-state index in [-0.39, 0.29) is 11.9 Å². The number of nitrogens with one attached hydrogen (secondary N) is 2. The van der Waals surface area contributed by atoms with Gasteiger partial charge in [0.2, 0.25) is 0 Å². The van der Waals surface area contributed by atoms with E-state index in [4.69, 9.17) is 4.42 Å². The van der Waals surface area contributed by atoms with Crippen molar-refractivity contribution in [1.82, 2.24) is 15.3 Å². The molecule has 2 aromatic heterocycles. The van der Waals surface area contributed by atoms with Crippen LogP contribution >= 0.6 is 0 Å². The van der Waals surface area contributed by atoms with E-state index >= 15 is 0 Å². The highest BCUT2D eigenvalue weighted by Gasteiger charge is 2.19. The Morgan fingerprint density at radius 3 is 2.61 bits per heavy atom. The van der Waals surface area contributed by atoms with Crippen molar-refractivity contribution in [3.05, 3.63) is 66.2 Å². The van der Waals surface area contributed by atoms with E-state index in [9.17, 15) is 4.79 Å². The van der Waals surface area contributed by atoms with Crippen LogP contribution in [0.15, 0.2) is 59.2 Å². The van der Waals surface area contributed by atoms with Crippen molar-refractivity contribution < 1.29 is 9.21 Å². The van der Waals surface area contributed by atoms with Crippen LogP contribution in [0.4, 0.5) is 5.82 Å². The van der Waals surface area contributed by atoms with E-state index in [0.29, 0.717) is 23.9 Å². The highest BCUT2D eigenvalue weighted by molar-refractivity contribution is 5.93. The summed E-state index contributed by atoms with van der Waals surface area (Å²) < 4.78 is 5.36. The summed E-state index contributed by atoms with van der Waals surface area (Å²) in [7, 11) is 0. The first kappa shape index (κ1) is 18.2. The molecule has 1 saturated carbocycles. The van der Waals surface area contributed by atoms with Crippen LogP contribution in [0, 0.1) is 0 Å². The average Bonchev–Trinajstić information content (AvgIpc) is 3.27. The number of aromatic nitrogens is 2. The van der Waals surface area contributed by atoms with Crippen molar-refractivity contribution in [1.29, 1.82) is 0 Å². The molecule has 0 saturated heterocycles. The first-order chi connectivity index (χ1) is 13.8. The summed E-state index contributed by atoms with van der Waals surface area (Å²) in [5, 5.41) is 6.37. The fraction of sp³-hybridized carbons (Fsp3) is 0.318. The second-order valence-corrected chi connectivity index (χ2v) is 7.07. The summed E-state index contributed by atoms with van der Waals surface area (Å²) in [6.45, 7) is 0.488. The van der Waals surface area contributed by atoms with Gasteiger partial charge in [-0.05, 0) is 25.0 Å². The highest BCUT2D eigenvalue weighted by atomic mass is 16.3. The summed E-state index contributed by atoms with van der Waals surface area (Å²) in [5.41, 5.74) is 1.25. The molecule has 3 aromatic rings. The van der Waals surface area contributed by atoms with Gasteiger partial charge in [0.15, 0.2) is 5.82 Å². The van der Waals surface area contributed by atoms with Gasteiger partial charge in [-0.2, -0.15) is 0 Å². The molecule has 0 spiro atoms. The number of carbonyl (C=O) groups is 1. The Hall–Kier alpha value is -3.15. The molecule has 28 heavy (non-hydrogen) atoms. The van der Waals surface area contributed by atoms with Crippen LogP contribution in [0.5, 0.6) is 0 Å². The smallest absolute Gasteiger partial charge is 0.270 e. The first-order valence-corrected chi connectivity index (χ1v) is 9.79. The number of anilines is 1. The molecule has 0 atom stereocenters. The lowest BCUT2D eigenvalue weighted by Crippen LogP contribution is -2.36. The summed E-state index contributed by atoms with van der Waals surface area (Å²) in [6, 6.07) is 15.4. The molecule has 0 unspecified atom stereocenters. The quantitative estimate of drug-likeness (QED) is 0.666. The molecular weight excluding hydrogens is 352 g/mol. The average molecular weight is 376 g/mol. The molecule has 6 nitrogen and oxygen atoms in total. The number of benzene rings is 1. The summed E-state index contributed by atoms with van der Waals surface area (Å²) in [6.07, 6.45) is 7.28. The van der Waals surface area contributed by atoms with Crippen LogP contribution in [0.1, 0.15) is 48.4 Å². The molecule has 1 aromatic carbocycles. The minimum absolute atomic E-state index is 0.146. The Morgan fingerprint density at radius 2 is 1.86 bits per heavy atom. The van der Waals surface area contributed by atoms with Gasteiger partial charge in [0.1, 0.15) is 17.3 Å². The van der Waals surface area contributed by atoms with E-state index in [0.717, 1.165) is 24.2 Å². The molecule has 144 valence electrons. The van der Waals surface area contributed by atoms with E-state index in [1.807, 2.05) is 42.5 Å². The molecule has 1 fully saturated rings. The largest absolute Gasteiger partial charge is 0.467 e. The maximum Gasteiger partial charge on any atom is 0.270 e. The van der Waals surface area contributed by atoms with Gasteiger partial charge in [-0.3, -0.25) is 4.79 Å². The number of rotatable bonds is 6. The van der Waals surface area contributed by atoms with Gasteiger partial charge in [-0.1, -0.05) is 49.6 Å². The topological polar surface area (TPSA) is 80.0 Å². The summed E-state index contributed by atoms with van der Waals surface area (Å²) in [5.74, 6) is 1.78. The zero-order valence-electron chi connectivity index (χ0n) is 15.7. The van der Waals surface area contributed by atoms with Gasteiger partial charge in [-0.25, -0.2) is 9.97 Å². The predicted molar refractivity (Wildman–Crippen MR) is 108 cm³/mol. The lowest BCUT2D eigenvalue weighted by Gasteiger charge is -2.22. The third kappa shape index (κ3) is 4.57. The lowest BCUT2D eigenvalue weighted by molar-refractivity contribution is 0.0922. The minimum atomic E-state index is -0.146. The molecule has 2 N–H and O–H groups in total. The van der Waals surface area contributed by atoms with E-state index in [1.54, 1.807) is 12.3 Å². The Balaban J connectivity index is 1.58. The molecule has 1 amide bonds. The van der Waals surface area contributed by atoms with Gasteiger partial charge in [0, 0.05) is 17.7 Å². The van der Waals surface area contributed by atoms with Crippen LogP contribution in [-0.2, 0) is 6.54 Å². The van der Waals surface area contributed by atoms with E-state index < -0.39 is 0 Å². The molecule has 2 heterocycles. The number of carbonyl (C=O) groups excluding carboxylic acids is 1. The van der Waals surface area contributed by atoms with Crippen molar-refractivity contribution in [2.45, 2.75) is 44.7 Å². The van der Waals surface area contributed by atoms with Crippen molar-refractivity contribution in [2.75, 3.05) is 5.32 Å². The number of furan rings is 1. The fourth-order valence-electron chi connectivity index (χ4n) is 3.47. The molecule has 6 heteroatoms. The maximum absolute atomic E-state index is 12.8. The van der Waals surface area contributed by atoms with Crippen LogP contribution in [0.25, 0.3) is 11.4 Å². The Kier molecular flexibility index (Phi) is 5.66. The minimum Gasteiger partial charge on any atom is -0.467 e. The zero-order chi connectivity index (χ0) is 19.2. The van der Waals surface area contributed by atoms with Gasteiger partial charge >= 0.3 is 0 Å². The van der Waals surface area contributed by atoms with Gasteiger partial charge < -0.3 is 15.1 Å². The Labute approximate surface area is 164 Å². The van der Waals surface area contributed by atoms with Crippen molar-refractivity contribution in [3.8, 4) is 11.4 Å². The maximum atomic E-state index is 12.8. The third-order valence-corrected chi connectivity index (χ3v) is 4.96. The Bertz CT molecular complexity index is 904. The van der Waals surface area contributed by atoms with Crippen molar-refractivity contribution in [2.24, 2.45) is 0 Å². The SMILES string of the molecule is O=C(NC1CCCCC1)c1cc(NCc2ccco2)nc(-c2ccccc2)n1. The molecule has 1 aliphatic carbocycles. The standard InChI is InChI=1S/C22H24N4O2/c27-22(24-17-10-5-2-6-11-17)19-14-20(23-15-18-12-7-13-28-18)26-21(25-19)16-8-3-1-4-9-16/h1,3-4,7-9,12-14,17H,2,5-6,10-11,15H2,(H,24,27)(H,23,25,26). The van der Waals surface area contributed by atoms with Crippen LogP contribution in [0.3, 0.4) is 0 Å². The molecular formula is C22H24N4O2. The van der Waals surface area contributed by atoms with E-state index in [1.165, 1.54) is 19.3 Å². The number of hydrogen-bond acceptors (Lipinski definition) is 5. The molecule has 4 rings (SSSR count). The van der Waals surface area contributed by atoms with Crippen LogP contribution < -0.4 is 10.6 Å². The Morgan fingerprint density at radius 1 is 1.04 bits per heavy atom. The van der Waals surface area contributed by atoms with Gasteiger partial charge in [0.25, 0.3) is 5.91 Å². The molecule has 0 aliphatic heterocycles. The van der Waals surface area contributed by atoms with Crippen LogP contribution in [0.2, 0.25) is 0 Å². The number of hydrogen-bond donors (Lipinski definition) is 2. The zero-order valence-corrected chi connectivity index (χ0v) is 15.7. The second kappa shape index (κ2) is 8.69. The summed E-state index contributed by atoms with van der Waals surface area (Å²) in [4.78, 5) is 21.9. The van der Waals surface area contributed by atoms with Gasteiger partial charge in [0.05, 0.1) is 12.8 Å². The van der Waals surface area contributed by atoms with Crippen molar-refractivity contribution in [3.63, 3.8) is 0 Å². The predicted octanol–water partition coefficient (Wildman–Crippen LogP) is 4.41. The lowest BCUT2D eigenvalue weighted by atomic mass is 9.95. The van der Waals surface area contributed by atoms with Crippen molar-refractivity contribution >= 4 is 11.7 Å². The normalized spacial score (nSPS) is 14.6. The second-order valence-electron chi connectivity index (χ2n) is 7.07. The molecule has 0 radical (unpaired) electrons.